The molecule has 1 fully saturated rings. The van der Waals surface area contributed by atoms with Crippen LogP contribution in [0.2, 0.25) is 12.6 Å². The van der Waals surface area contributed by atoms with Gasteiger partial charge in [-0.3, -0.25) is 10.1 Å². The second-order valence-corrected chi connectivity index (χ2v) is 4.47. The monoisotopic (exact) mass is 270 g/mol. The molecule has 1 aromatic carbocycles. The minimum absolute atomic E-state index is 0.0569. The zero-order valence-corrected chi connectivity index (χ0v) is 10.7. The average Bonchev–Trinajstić information content (AvgIpc) is 2.47. The van der Waals surface area contributed by atoms with Crippen LogP contribution in [0.1, 0.15) is 5.56 Å². The van der Waals surface area contributed by atoms with Crippen molar-refractivity contribution in [3.63, 3.8) is 0 Å². The Hall–Kier alpha value is -2.74. The fourth-order valence-corrected chi connectivity index (χ4v) is 2.27. The number of nitriles is 2. The van der Waals surface area contributed by atoms with Crippen molar-refractivity contribution in [2.24, 2.45) is 0 Å². The number of hydrogen-bond acceptors (Lipinski definition) is 6. The van der Waals surface area contributed by atoms with Crippen LogP contribution < -0.4 is 4.90 Å². The fourth-order valence-electron chi connectivity index (χ4n) is 2.27. The van der Waals surface area contributed by atoms with Crippen molar-refractivity contribution in [1.82, 2.24) is 0 Å². The van der Waals surface area contributed by atoms with Crippen LogP contribution in [0.25, 0.3) is 0 Å². The number of rotatable bonds is 3. The molecule has 0 radical (unpaired) electrons. The van der Waals surface area contributed by atoms with Crippen molar-refractivity contribution in [3.05, 3.63) is 33.9 Å². The lowest BCUT2D eigenvalue weighted by atomic mass is 9.59. The van der Waals surface area contributed by atoms with Gasteiger partial charge >= 0.3 is 6.92 Å². The molecule has 1 saturated heterocycles. The van der Waals surface area contributed by atoms with Crippen LogP contribution in [0.3, 0.4) is 0 Å². The second-order valence-electron chi connectivity index (χ2n) is 4.47. The Morgan fingerprint density at radius 1 is 1.35 bits per heavy atom. The predicted molar refractivity (Wildman–Crippen MR) is 72.1 cm³/mol. The van der Waals surface area contributed by atoms with E-state index in [1.807, 2.05) is 11.0 Å². The average molecular weight is 270 g/mol. The van der Waals surface area contributed by atoms with Crippen molar-refractivity contribution < 1.29 is 9.58 Å². The van der Waals surface area contributed by atoms with Crippen LogP contribution in [0, 0.1) is 33.0 Å². The molecular weight excluding hydrogens is 259 g/mol. The molecule has 100 valence electrons. The Morgan fingerprint density at radius 2 is 2.05 bits per heavy atom. The van der Waals surface area contributed by atoms with Crippen molar-refractivity contribution >= 4 is 18.3 Å². The number of nitro groups is 1. The van der Waals surface area contributed by atoms with Gasteiger partial charge in [-0.2, -0.15) is 10.5 Å². The molecule has 1 heterocycles. The third kappa shape index (κ3) is 2.81. The van der Waals surface area contributed by atoms with Gasteiger partial charge in [0.1, 0.15) is 11.6 Å². The SMILES string of the molecule is N#COB1CCN(c2ccc(C#N)c([N+](=O)[O-])c2)CC1. The van der Waals surface area contributed by atoms with Gasteiger partial charge in [-0.25, -0.2) is 0 Å². The highest BCUT2D eigenvalue weighted by atomic mass is 16.6. The molecule has 0 aromatic heterocycles. The molecular formula is C12H11BN4O3. The topological polar surface area (TPSA) is 103 Å². The molecule has 0 saturated carbocycles. The van der Waals surface area contributed by atoms with Gasteiger partial charge in [0.2, 0.25) is 0 Å². The van der Waals surface area contributed by atoms with Gasteiger partial charge in [0.25, 0.3) is 11.9 Å². The fraction of sp³-hybridized carbons (Fsp3) is 0.333. The molecule has 0 unspecified atom stereocenters. The lowest BCUT2D eigenvalue weighted by molar-refractivity contribution is -0.385. The van der Waals surface area contributed by atoms with Gasteiger partial charge in [-0.15, -0.1) is 0 Å². The quantitative estimate of drug-likeness (QED) is 0.359. The Labute approximate surface area is 116 Å². The summed E-state index contributed by atoms with van der Waals surface area (Å²) < 4.78 is 4.89. The number of nitrogens with zero attached hydrogens (tertiary/aromatic N) is 4. The third-order valence-corrected chi connectivity index (χ3v) is 3.32. The number of benzene rings is 1. The lowest BCUT2D eigenvalue weighted by Gasteiger charge is -2.30. The molecule has 1 aromatic rings. The van der Waals surface area contributed by atoms with E-state index in [0.717, 1.165) is 0 Å². The highest BCUT2D eigenvalue weighted by Gasteiger charge is 2.26. The van der Waals surface area contributed by atoms with Gasteiger partial charge in [0.15, 0.2) is 0 Å². The maximum Gasteiger partial charge on any atom is 0.376 e. The highest BCUT2D eigenvalue weighted by Crippen LogP contribution is 2.27. The second kappa shape index (κ2) is 5.94. The molecule has 0 N–H and O–H groups in total. The predicted octanol–water partition coefficient (Wildman–Crippen LogP) is 1.78. The lowest BCUT2D eigenvalue weighted by Crippen LogP contribution is -2.37. The van der Waals surface area contributed by atoms with Crippen molar-refractivity contribution in [1.29, 1.82) is 10.5 Å². The minimum atomic E-state index is -0.548. The maximum atomic E-state index is 10.9. The maximum absolute atomic E-state index is 10.9. The van der Waals surface area contributed by atoms with Crippen LogP contribution in [-0.4, -0.2) is 24.9 Å². The zero-order chi connectivity index (χ0) is 14.5. The third-order valence-electron chi connectivity index (χ3n) is 3.32. The minimum Gasteiger partial charge on any atom is -0.497 e. The number of nitro benzene ring substituents is 1. The summed E-state index contributed by atoms with van der Waals surface area (Å²) in [5.41, 5.74) is 0.591. The van der Waals surface area contributed by atoms with Gasteiger partial charge in [-0.05, 0) is 24.8 Å². The molecule has 20 heavy (non-hydrogen) atoms. The van der Waals surface area contributed by atoms with E-state index < -0.39 is 4.92 Å². The number of anilines is 1. The molecule has 0 bridgehead atoms. The van der Waals surface area contributed by atoms with Crippen LogP contribution in [-0.2, 0) is 4.65 Å². The van der Waals surface area contributed by atoms with Crippen LogP contribution >= 0.6 is 0 Å². The summed E-state index contributed by atoms with van der Waals surface area (Å²) in [4.78, 5) is 12.4. The zero-order valence-electron chi connectivity index (χ0n) is 10.7. The molecule has 7 nitrogen and oxygen atoms in total. The van der Waals surface area contributed by atoms with E-state index in [9.17, 15) is 10.1 Å². The van der Waals surface area contributed by atoms with Crippen LogP contribution in [0.4, 0.5) is 11.4 Å². The first-order chi connectivity index (χ1) is 9.65. The van der Waals surface area contributed by atoms with Gasteiger partial charge < -0.3 is 9.55 Å². The Kier molecular flexibility index (Phi) is 4.06. The van der Waals surface area contributed by atoms with E-state index in [0.29, 0.717) is 31.4 Å². The summed E-state index contributed by atoms with van der Waals surface area (Å²) in [5, 5.41) is 28.2. The standard InChI is InChI=1S/C12H11BN4O3/c14-8-10-1-2-11(7-12(10)17(18)19)16-5-3-13(4-6-16)20-9-15/h1-2,7H,3-6H2. The van der Waals surface area contributed by atoms with Crippen LogP contribution in [0.15, 0.2) is 18.2 Å². The Balaban J connectivity index is 2.15. The molecule has 1 aliphatic heterocycles. The molecule has 2 rings (SSSR count). The van der Waals surface area contributed by atoms with E-state index in [2.05, 4.69) is 0 Å². The van der Waals surface area contributed by atoms with Crippen molar-refractivity contribution in [2.45, 2.75) is 12.6 Å². The Bertz CT molecular complexity index is 600. The summed E-state index contributed by atoms with van der Waals surface area (Å²) >= 11 is 0. The molecule has 0 amide bonds. The number of hydrogen-bond donors (Lipinski definition) is 0. The van der Waals surface area contributed by atoms with E-state index in [1.54, 1.807) is 12.3 Å². The molecule has 8 heteroatoms. The summed E-state index contributed by atoms with van der Waals surface area (Å²) in [7, 11) is 0. The van der Waals surface area contributed by atoms with Gasteiger partial charge in [0, 0.05) is 24.8 Å². The largest absolute Gasteiger partial charge is 0.497 e. The van der Waals surface area contributed by atoms with E-state index in [1.165, 1.54) is 12.1 Å². The molecule has 0 atom stereocenters. The van der Waals surface area contributed by atoms with E-state index in [-0.39, 0.29) is 18.2 Å². The summed E-state index contributed by atoms with van der Waals surface area (Å²) in [6, 6.07) is 6.40. The Morgan fingerprint density at radius 3 is 2.60 bits per heavy atom. The van der Waals surface area contributed by atoms with E-state index in [4.69, 9.17) is 15.2 Å². The van der Waals surface area contributed by atoms with Gasteiger partial charge in [0.05, 0.1) is 4.92 Å². The van der Waals surface area contributed by atoms with Crippen molar-refractivity contribution in [2.75, 3.05) is 18.0 Å². The first-order valence-electron chi connectivity index (χ1n) is 6.14. The van der Waals surface area contributed by atoms with Gasteiger partial charge in [-0.1, -0.05) is 0 Å². The first-order valence-corrected chi connectivity index (χ1v) is 6.14. The first kappa shape index (κ1) is 13.7. The summed E-state index contributed by atoms with van der Waals surface area (Å²) in [6.07, 6.45) is 3.08. The highest BCUT2D eigenvalue weighted by molar-refractivity contribution is 6.52. The molecule has 1 aliphatic rings. The summed E-state index contributed by atoms with van der Waals surface area (Å²) in [6.45, 7) is 1.25. The van der Waals surface area contributed by atoms with Crippen LogP contribution in [0.5, 0.6) is 0 Å². The van der Waals surface area contributed by atoms with E-state index >= 15 is 0 Å². The normalized spacial score (nSPS) is 14.3. The molecule has 0 aliphatic carbocycles. The van der Waals surface area contributed by atoms with Crippen molar-refractivity contribution in [3.8, 4) is 12.3 Å². The smallest absolute Gasteiger partial charge is 0.376 e. The molecule has 0 spiro atoms. The summed E-state index contributed by atoms with van der Waals surface area (Å²) in [5.74, 6) is 0.